The zero-order chi connectivity index (χ0) is 11.3. The zero-order valence-corrected chi connectivity index (χ0v) is 9.92. The van der Waals surface area contributed by atoms with Crippen LogP contribution in [0.1, 0.15) is 5.56 Å². The number of Topliss-reactive ketones (excluding diaryl/α,β-unsaturated/α-hetero) is 1. The highest BCUT2D eigenvalue weighted by molar-refractivity contribution is 6.54. The molecule has 0 amide bonds. The number of nitrogens with one attached hydrogen (secondary N) is 1. The van der Waals surface area contributed by atoms with Gasteiger partial charge < -0.3 is 5.32 Å². The third-order valence-corrected chi connectivity index (χ3v) is 2.62. The van der Waals surface area contributed by atoms with E-state index in [9.17, 15) is 4.79 Å². The van der Waals surface area contributed by atoms with Crippen LogP contribution >= 0.6 is 23.2 Å². The Kier molecular flexibility index (Phi) is 5.09. The van der Waals surface area contributed by atoms with E-state index in [4.69, 9.17) is 23.2 Å². The molecule has 0 aromatic heterocycles. The average Bonchev–Trinajstić information content (AvgIpc) is 2.26. The fourth-order valence-corrected chi connectivity index (χ4v) is 1.65. The van der Waals surface area contributed by atoms with Gasteiger partial charge in [-0.15, -0.1) is 0 Å². The summed E-state index contributed by atoms with van der Waals surface area (Å²) in [6.45, 7) is 0. The van der Waals surface area contributed by atoms with Crippen molar-refractivity contribution in [3.05, 3.63) is 35.9 Å². The molecular weight excluding hydrogens is 233 g/mol. The third-order valence-electron chi connectivity index (χ3n) is 2.19. The summed E-state index contributed by atoms with van der Waals surface area (Å²) in [5.74, 6) is -0.190. The molecular formula is C11H13Cl2NO. The van der Waals surface area contributed by atoms with Crippen LogP contribution < -0.4 is 5.32 Å². The standard InChI is InChI=1S/C11H13Cl2NO/c1-14-9(10(15)11(12)13)7-8-5-3-2-4-6-8/h2-6,9,11,14H,7H2,1H3/t9-/m0/s1. The second-order valence-electron chi connectivity index (χ2n) is 3.23. The van der Waals surface area contributed by atoms with Crippen molar-refractivity contribution in [1.82, 2.24) is 5.32 Å². The lowest BCUT2D eigenvalue weighted by Gasteiger charge is -2.15. The number of carbonyl (C=O) groups excluding carboxylic acids is 1. The SMILES string of the molecule is CN[C@@H](Cc1ccccc1)C(=O)C(Cl)Cl. The number of likely N-dealkylation sites (N-methyl/N-ethyl adjacent to an activating group) is 1. The van der Waals surface area contributed by atoms with Crippen molar-refractivity contribution in [2.24, 2.45) is 0 Å². The second-order valence-corrected chi connectivity index (χ2v) is 4.33. The van der Waals surface area contributed by atoms with E-state index in [1.807, 2.05) is 30.3 Å². The number of hydrogen-bond acceptors (Lipinski definition) is 2. The first-order valence-corrected chi connectivity index (χ1v) is 5.55. The van der Waals surface area contributed by atoms with E-state index in [1.165, 1.54) is 0 Å². The number of carbonyl (C=O) groups is 1. The lowest BCUT2D eigenvalue weighted by Crippen LogP contribution is -2.39. The van der Waals surface area contributed by atoms with Crippen molar-refractivity contribution >= 4 is 29.0 Å². The van der Waals surface area contributed by atoms with E-state index in [0.717, 1.165) is 5.56 Å². The van der Waals surface area contributed by atoms with E-state index in [0.29, 0.717) is 6.42 Å². The molecule has 4 heteroatoms. The molecule has 2 nitrogen and oxygen atoms in total. The third kappa shape index (κ3) is 3.82. The fraction of sp³-hybridized carbons (Fsp3) is 0.364. The highest BCUT2D eigenvalue weighted by atomic mass is 35.5. The van der Waals surface area contributed by atoms with Gasteiger partial charge in [-0.1, -0.05) is 53.5 Å². The lowest BCUT2D eigenvalue weighted by molar-refractivity contribution is -0.119. The Morgan fingerprint density at radius 1 is 1.33 bits per heavy atom. The zero-order valence-electron chi connectivity index (χ0n) is 8.41. The summed E-state index contributed by atoms with van der Waals surface area (Å²) < 4.78 is 0. The first kappa shape index (κ1) is 12.5. The number of rotatable bonds is 5. The van der Waals surface area contributed by atoms with Gasteiger partial charge in [0, 0.05) is 0 Å². The monoisotopic (exact) mass is 245 g/mol. The van der Waals surface area contributed by atoms with Crippen LogP contribution in [0.25, 0.3) is 0 Å². The molecule has 15 heavy (non-hydrogen) atoms. The average molecular weight is 246 g/mol. The summed E-state index contributed by atoms with van der Waals surface area (Å²) in [7, 11) is 1.72. The van der Waals surface area contributed by atoms with Crippen LogP contribution in [-0.2, 0) is 11.2 Å². The Bertz CT molecular complexity index is 314. The maximum absolute atomic E-state index is 11.6. The molecule has 0 unspecified atom stereocenters. The Labute approximate surface area is 99.6 Å². The minimum atomic E-state index is -0.967. The molecule has 0 bridgehead atoms. The Morgan fingerprint density at radius 2 is 1.93 bits per heavy atom. The largest absolute Gasteiger partial charge is 0.310 e. The smallest absolute Gasteiger partial charge is 0.182 e. The highest BCUT2D eigenvalue weighted by Gasteiger charge is 2.22. The summed E-state index contributed by atoms with van der Waals surface area (Å²) in [5.41, 5.74) is 1.08. The van der Waals surface area contributed by atoms with Crippen molar-refractivity contribution in [2.75, 3.05) is 7.05 Å². The molecule has 0 aliphatic carbocycles. The van der Waals surface area contributed by atoms with Crippen molar-refractivity contribution < 1.29 is 4.79 Å². The van der Waals surface area contributed by atoms with Gasteiger partial charge in [0.1, 0.15) is 0 Å². The predicted molar refractivity (Wildman–Crippen MR) is 63.5 cm³/mol. The van der Waals surface area contributed by atoms with Crippen molar-refractivity contribution in [3.8, 4) is 0 Å². The summed E-state index contributed by atoms with van der Waals surface area (Å²) in [5, 5.41) is 2.91. The van der Waals surface area contributed by atoms with Crippen LogP contribution in [-0.4, -0.2) is 23.7 Å². The van der Waals surface area contributed by atoms with Gasteiger partial charge in [-0.2, -0.15) is 0 Å². The fourth-order valence-electron chi connectivity index (χ4n) is 1.35. The summed E-state index contributed by atoms with van der Waals surface area (Å²) in [6, 6.07) is 9.42. The van der Waals surface area contributed by atoms with Gasteiger partial charge in [-0.25, -0.2) is 0 Å². The van der Waals surface area contributed by atoms with E-state index >= 15 is 0 Å². The number of alkyl halides is 2. The minimum Gasteiger partial charge on any atom is -0.310 e. The molecule has 0 spiro atoms. The minimum absolute atomic E-state index is 0.190. The molecule has 0 radical (unpaired) electrons. The van der Waals surface area contributed by atoms with Crippen LogP contribution in [0.5, 0.6) is 0 Å². The topological polar surface area (TPSA) is 29.1 Å². The van der Waals surface area contributed by atoms with Gasteiger partial charge in [0.25, 0.3) is 0 Å². The molecule has 1 aromatic carbocycles. The molecule has 1 rings (SSSR count). The van der Waals surface area contributed by atoms with Crippen molar-refractivity contribution in [2.45, 2.75) is 17.3 Å². The van der Waals surface area contributed by atoms with Crippen LogP contribution in [0.2, 0.25) is 0 Å². The van der Waals surface area contributed by atoms with Crippen LogP contribution in [0, 0.1) is 0 Å². The lowest BCUT2D eigenvalue weighted by atomic mass is 10.0. The number of halogens is 2. The van der Waals surface area contributed by atoms with Gasteiger partial charge >= 0.3 is 0 Å². The Hall–Kier alpha value is -0.570. The molecule has 1 aromatic rings. The molecule has 0 saturated heterocycles. The molecule has 82 valence electrons. The molecule has 0 fully saturated rings. The number of hydrogen-bond donors (Lipinski definition) is 1. The van der Waals surface area contributed by atoms with E-state index in [-0.39, 0.29) is 11.8 Å². The number of ketones is 1. The molecule has 0 aliphatic heterocycles. The summed E-state index contributed by atoms with van der Waals surface area (Å²) in [4.78, 5) is 10.6. The van der Waals surface area contributed by atoms with Crippen LogP contribution in [0.4, 0.5) is 0 Å². The van der Waals surface area contributed by atoms with Gasteiger partial charge in [0.2, 0.25) is 0 Å². The second kappa shape index (κ2) is 6.11. The Morgan fingerprint density at radius 3 is 2.40 bits per heavy atom. The quantitative estimate of drug-likeness (QED) is 0.807. The first-order chi connectivity index (χ1) is 7.15. The van der Waals surface area contributed by atoms with E-state index in [2.05, 4.69) is 5.32 Å². The van der Waals surface area contributed by atoms with Gasteiger partial charge in [-0.3, -0.25) is 4.79 Å². The normalized spacial score (nSPS) is 12.8. The maximum Gasteiger partial charge on any atom is 0.182 e. The predicted octanol–water partition coefficient (Wildman–Crippen LogP) is 2.19. The van der Waals surface area contributed by atoms with Crippen molar-refractivity contribution in [3.63, 3.8) is 0 Å². The molecule has 0 saturated carbocycles. The van der Waals surface area contributed by atoms with E-state index in [1.54, 1.807) is 7.05 Å². The van der Waals surface area contributed by atoms with Gasteiger partial charge in [0.05, 0.1) is 6.04 Å². The van der Waals surface area contributed by atoms with Crippen LogP contribution in [0.15, 0.2) is 30.3 Å². The highest BCUT2D eigenvalue weighted by Crippen LogP contribution is 2.10. The van der Waals surface area contributed by atoms with Gasteiger partial charge in [-0.05, 0) is 19.0 Å². The molecule has 0 aliphatic rings. The number of benzene rings is 1. The summed E-state index contributed by atoms with van der Waals surface area (Å²) >= 11 is 11.1. The van der Waals surface area contributed by atoms with Crippen molar-refractivity contribution in [1.29, 1.82) is 0 Å². The molecule has 0 heterocycles. The summed E-state index contributed by atoms with van der Waals surface area (Å²) in [6.07, 6.45) is 0.603. The molecule has 1 N–H and O–H groups in total. The molecule has 1 atom stereocenters. The van der Waals surface area contributed by atoms with E-state index < -0.39 is 4.84 Å². The van der Waals surface area contributed by atoms with Crippen LogP contribution in [0.3, 0.4) is 0 Å². The van der Waals surface area contributed by atoms with Gasteiger partial charge in [0.15, 0.2) is 10.6 Å². The Balaban J connectivity index is 2.66. The first-order valence-electron chi connectivity index (χ1n) is 4.68. The maximum atomic E-state index is 11.6.